The third-order valence-corrected chi connectivity index (χ3v) is 38.5. The van der Waals surface area contributed by atoms with Gasteiger partial charge in [0, 0.05) is 32.2 Å². The molecule has 0 unspecified atom stereocenters. The minimum absolute atomic E-state index is 0.0335. The van der Waals surface area contributed by atoms with E-state index in [1.54, 1.807) is 19.2 Å². The van der Waals surface area contributed by atoms with Gasteiger partial charge in [-0.15, -0.1) is 57.1 Å². The van der Waals surface area contributed by atoms with Crippen molar-refractivity contribution in [1.29, 1.82) is 0 Å². The lowest BCUT2D eigenvalue weighted by atomic mass is 9.80. The summed E-state index contributed by atoms with van der Waals surface area (Å²) in [6.07, 6.45) is -3.06. The Hall–Kier alpha value is -6.20. The van der Waals surface area contributed by atoms with Crippen LogP contribution in [0.5, 0.6) is 0 Å². The first-order valence-electron chi connectivity index (χ1n) is 34.1. The molecule has 0 radical (unpaired) electrons. The maximum Gasteiger partial charge on any atom is 0.408 e. The number of azide groups is 1. The molecule has 0 bridgehead atoms. The number of nitrogens with zero attached hydrogens (tertiary/aromatic N) is 9. The fraction of sp³-hybridized carbons (Fsp3) is 0.652. The molecule has 0 aromatic carbocycles. The highest BCUT2D eigenvalue weighted by atomic mass is 32.2. The van der Waals surface area contributed by atoms with Crippen LogP contribution in [0.15, 0.2) is 49.3 Å². The zero-order valence-corrected chi connectivity index (χ0v) is 69.7. The van der Waals surface area contributed by atoms with Crippen LogP contribution in [0.25, 0.3) is 10.4 Å². The monoisotopic (exact) mass is 1570 g/mol. The number of aliphatic imine (C=N–C) groups is 2. The number of amides is 5. The van der Waals surface area contributed by atoms with Crippen LogP contribution in [-0.4, -0.2) is 188 Å². The number of aliphatic hydroxyl groups excluding tert-OH is 1. The number of thiazole rings is 4. The first-order chi connectivity index (χ1) is 48.0. The third-order valence-electron chi connectivity index (χ3n) is 19.7. The first kappa shape index (κ1) is 85.7. The molecule has 2 aliphatic heterocycles. The lowest BCUT2D eigenvalue weighted by Crippen LogP contribution is -2.56. The van der Waals surface area contributed by atoms with Gasteiger partial charge in [-0.1, -0.05) is 80.1 Å². The van der Waals surface area contributed by atoms with Gasteiger partial charge >= 0.3 is 18.0 Å². The van der Waals surface area contributed by atoms with E-state index in [0.717, 1.165) is 63.5 Å². The maximum absolute atomic E-state index is 15.1. The number of aromatic nitrogens is 4. The summed E-state index contributed by atoms with van der Waals surface area (Å²) in [5.74, 6) is -3.98. The van der Waals surface area contributed by atoms with E-state index in [4.69, 9.17) is 47.4 Å². The van der Waals surface area contributed by atoms with Gasteiger partial charge in [0.15, 0.2) is 36.3 Å². The van der Waals surface area contributed by atoms with Crippen molar-refractivity contribution >= 4 is 134 Å². The molecule has 4 aromatic heterocycles. The standard InChI is InChI=1S/C66H102N14O15S5Si3/c1-23-29-92-62(88)68-35(5)51(82)78-66(61-74-45(34-100-61)60(87)91-18)28-27-40(55-73-44(33-96-55)59(86)90-17)69-49(66)41-30-97-56(70-41)46(36(6)81)75-52(83)42-32-99-58(72-42)50(65(16,89)39(9)95-102(21,22)64(13,14)15)77-53(84)43-31-98-57(71-43)48(38(8)94-103(24-2,25-3)26-4)76-54(85)47(79-80-67)37(7)93-101(19,20)63(10,11)12/h23,30,32-39,43,46-50,81,89H,1,24-29,31H2,2-22H3,(H,68,88)(H,75,83)(H,76,85)(H,77,84)(H,78,82)/t35-,36+,37+,38+,39+,43+,46-,47-,48-,49+,50+,65+,66+/m0/s1. The van der Waals surface area contributed by atoms with Crippen LogP contribution in [0, 0.1) is 0 Å². The smallest absolute Gasteiger partial charge is 0.408 e. The number of ether oxygens (including phenoxy) is 3. The molecule has 6 heterocycles. The molecule has 0 fully saturated rings. The summed E-state index contributed by atoms with van der Waals surface area (Å²) in [4.78, 5) is 129. The van der Waals surface area contributed by atoms with Gasteiger partial charge in [0.25, 0.3) is 5.91 Å². The highest BCUT2D eigenvalue weighted by molar-refractivity contribution is 8.14. The van der Waals surface area contributed by atoms with Gasteiger partial charge < -0.3 is 64.3 Å². The summed E-state index contributed by atoms with van der Waals surface area (Å²) >= 11 is 5.48. The molecule has 5 amide bonds. The Bertz CT molecular complexity index is 3790. The fourth-order valence-electron chi connectivity index (χ4n) is 11.0. The number of aliphatic hydroxyl groups is 2. The third kappa shape index (κ3) is 20.5. The Morgan fingerprint density at radius 3 is 1.91 bits per heavy atom. The van der Waals surface area contributed by atoms with E-state index in [2.05, 4.69) is 115 Å². The van der Waals surface area contributed by atoms with Gasteiger partial charge in [-0.2, -0.15) is 0 Å². The molecule has 568 valence electrons. The molecule has 2 aliphatic rings. The second-order valence-corrected chi connectivity index (χ2v) is 47.7. The van der Waals surface area contributed by atoms with Crippen LogP contribution < -0.4 is 26.6 Å². The van der Waals surface area contributed by atoms with Crippen molar-refractivity contribution in [3.63, 3.8) is 0 Å². The Kier molecular flexibility index (Phi) is 29.5. The largest absolute Gasteiger partial charge is 0.464 e. The number of methoxy groups -OCH3 is 2. The summed E-state index contributed by atoms with van der Waals surface area (Å²) < 4.78 is 35.4. The molecular formula is C66H102N14O15S5Si3. The first-order valence-corrected chi connectivity index (χ1v) is 46.9. The van der Waals surface area contributed by atoms with Crippen LogP contribution >= 0.6 is 57.1 Å². The molecule has 0 saturated carbocycles. The second kappa shape index (κ2) is 35.5. The minimum atomic E-state index is -2.63. The SMILES string of the molecule is C=CCOC(=O)N[C@@H](C)C(=O)N[C@]1(c2nc(C(=O)OC)cs2)CCC(c2nc(C(=O)OC)cs2)=N[C@@H]1c1csc([C@@H](NC(=O)c2csc([C@@H](NC(=O)[C@H]3CSC([C@@H](NC(=O)[C@@H](N=[N+]=[N-])[C@@H](C)O[Si](C)(C)C(C)(C)C)[C@@H](C)O[Si](CC)(CC)CC)=N3)[C@](C)(O)[C@@H](C)O[Si](C)(C)C(C)(C)C)n2)[C@@H](C)O)n1. The van der Waals surface area contributed by atoms with Crippen LogP contribution in [0.4, 0.5) is 4.79 Å². The van der Waals surface area contributed by atoms with Crippen molar-refractivity contribution in [2.45, 2.75) is 249 Å². The summed E-state index contributed by atoms with van der Waals surface area (Å²) in [5, 5.41) is 50.0. The van der Waals surface area contributed by atoms with Gasteiger partial charge in [-0.05, 0) is 114 Å². The summed E-state index contributed by atoms with van der Waals surface area (Å²) in [7, 11) is -5.02. The van der Waals surface area contributed by atoms with Crippen LogP contribution in [-0.2, 0) is 47.4 Å². The molecule has 29 nitrogen and oxygen atoms in total. The fourth-order valence-corrected chi connectivity index (χ4v) is 21.7. The van der Waals surface area contributed by atoms with Crippen molar-refractivity contribution in [3.05, 3.63) is 87.4 Å². The maximum atomic E-state index is 15.1. The molecule has 0 saturated heterocycles. The van der Waals surface area contributed by atoms with Gasteiger partial charge in [-0.25, -0.2) is 34.3 Å². The van der Waals surface area contributed by atoms with E-state index < -0.39 is 144 Å². The lowest BCUT2D eigenvalue weighted by molar-refractivity contribution is -0.128. The van der Waals surface area contributed by atoms with Crippen molar-refractivity contribution in [1.82, 2.24) is 46.5 Å². The Morgan fingerprint density at radius 2 is 1.33 bits per heavy atom. The molecule has 0 spiro atoms. The summed E-state index contributed by atoms with van der Waals surface area (Å²) in [6, 6.07) is -5.79. The lowest BCUT2D eigenvalue weighted by Gasteiger charge is -2.44. The number of thioether (sulfide) groups is 1. The number of nitrogens with one attached hydrogen (secondary N) is 5. The van der Waals surface area contributed by atoms with Crippen LogP contribution in [0.1, 0.15) is 192 Å². The van der Waals surface area contributed by atoms with E-state index >= 15 is 4.79 Å². The zero-order valence-electron chi connectivity index (χ0n) is 62.7. The van der Waals surface area contributed by atoms with Gasteiger partial charge in [0.1, 0.15) is 85.8 Å². The summed E-state index contributed by atoms with van der Waals surface area (Å²) in [6.45, 7) is 40.0. The average Bonchev–Trinajstić information content (AvgIpc) is 1.72. The topological polar surface area (TPSA) is 401 Å². The molecule has 7 N–H and O–H groups in total. The number of alkyl carbamates (subject to hydrolysis) is 1. The van der Waals surface area contributed by atoms with E-state index in [1.807, 2.05) is 33.1 Å². The molecule has 0 aliphatic carbocycles. The predicted molar refractivity (Wildman–Crippen MR) is 409 cm³/mol. The normalized spacial score (nSPS) is 19.9. The molecule has 4 aromatic rings. The zero-order chi connectivity index (χ0) is 77.1. The van der Waals surface area contributed by atoms with Gasteiger partial charge in [0.05, 0.1) is 55.1 Å². The predicted octanol–water partition coefficient (Wildman–Crippen LogP) is 11.4. The molecular weight excluding hydrogens is 1470 g/mol. The Labute approximate surface area is 626 Å². The van der Waals surface area contributed by atoms with Gasteiger partial charge in [-0.3, -0.25) is 29.2 Å². The van der Waals surface area contributed by atoms with E-state index in [0.29, 0.717) is 15.8 Å². The second-order valence-electron chi connectivity index (χ2n) is 28.9. The number of rotatable bonds is 34. The van der Waals surface area contributed by atoms with E-state index in [9.17, 15) is 44.5 Å². The molecule has 37 heteroatoms. The number of esters is 2. The molecule has 103 heavy (non-hydrogen) atoms. The van der Waals surface area contributed by atoms with E-state index in [1.165, 1.54) is 69.0 Å². The van der Waals surface area contributed by atoms with Crippen LogP contribution in [0.2, 0.25) is 54.4 Å². The van der Waals surface area contributed by atoms with Crippen molar-refractivity contribution in [3.8, 4) is 0 Å². The van der Waals surface area contributed by atoms with Crippen molar-refractivity contribution in [2.75, 3.05) is 26.6 Å². The number of carbonyl (C=O) groups excluding carboxylic acids is 7. The van der Waals surface area contributed by atoms with E-state index in [-0.39, 0.29) is 73.1 Å². The van der Waals surface area contributed by atoms with Gasteiger partial charge in [0.2, 0.25) is 17.7 Å². The molecule has 6 rings (SSSR count). The van der Waals surface area contributed by atoms with Crippen LogP contribution in [0.3, 0.4) is 0 Å². The summed E-state index contributed by atoms with van der Waals surface area (Å²) in [5.41, 5.74) is 6.69. The minimum Gasteiger partial charge on any atom is -0.464 e. The number of carbonyl (C=O) groups is 7. The quantitative estimate of drug-likeness (QED) is 0.00434. The van der Waals surface area contributed by atoms with Crippen molar-refractivity contribution in [2.24, 2.45) is 15.1 Å². The molecule has 13 atom stereocenters. The Balaban J connectivity index is 1.39. The Morgan fingerprint density at radius 1 is 0.738 bits per heavy atom. The average molecular weight is 1580 g/mol. The number of hydrogen-bond acceptors (Lipinski definition) is 27. The van der Waals surface area contributed by atoms with Crippen molar-refractivity contribution < 1.29 is 71.3 Å². The number of hydrogen-bond donors (Lipinski definition) is 7. The highest BCUT2D eigenvalue weighted by Gasteiger charge is 2.52. The highest BCUT2D eigenvalue weighted by Crippen LogP contribution is 2.48.